The molecule has 23 heavy (non-hydrogen) atoms. The Balaban J connectivity index is 2.34. The molecular weight excluding hydrogens is 320 g/mol. The minimum atomic E-state index is -4.03. The van der Waals surface area contributed by atoms with Gasteiger partial charge in [-0.1, -0.05) is 12.1 Å². The van der Waals surface area contributed by atoms with Crippen LogP contribution in [0.5, 0.6) is 0 Å². The second-order valence-corrected chi connectivity index (χ2v) is 6.78. The van der Waals surface area contributed by atoms with Gasteiger partial charge >= 0.3 is 0 Å². The van der Waals surface area contributed by atoms with Crippen LogP contribution in [0.1, 0.15) is 31.1 Å². The average molecular weight is 338 g/mol. The lowest BCUT2D eigenvalue weighted by Gasteiger charge is -2.13. The highest BCUT2D eigenvalue weighted by atomic mass is 32.2. The molecule has 0 bridgehead atoms. The van der Waals surface area contributed by atoms with E-state index in [2.05, 4.69) is 9.82 Å². The number of nitrogens with one attached hydrogen (secondary N) is 1. The van der Waals surface area contributed by atoms with Crippen molar-refractivity contribution in [1.29, 1.82) is 0 Å². The van der Waals surface area contributed by atoms with Gasteiger partial charge in [-0.2, -0.15) is 5.10 Å². The van der Waals surface area contributed by atoms with Gasteiger partial charge in [0, 0.05) is 30.4 Å². The average Bonchev–Trinajstić information content (AvgIpc) is 2.88. The van der Waals surface area contributed by atoms with Crippen molar-refractivity contribution in [3.8, 4) is 0 Å². The van der Waals surface area contributed by atoms with Gasteiger partial charge < -0.3 is 0 Å². The Morgan fingerprint density at radius 3 is 2.61 bits per heavy atom. The lowest BCUT2D eigenvalue weighted by molar-refractivity contribution is -0.387. The molecule has 2 rings (SSSR count). The van der Waals surface area contributed by atoms with E-state index in [0.717, 1.165) is 5.56 Å². The molecule has 0 radical (unpaired) electrons. The largest absolute Gasteiger partial charge is 0.289 e. The lowest BCUT2D eigenvalue weighted by atomic mass is 10.1. The molecule has 1 atom stereocenters. The van der Waals surface area contributed by atoms with Gasteiger partial charge in [0.2, 0.25) is 10.0 Å². The van der Waals surface area contributed by atoms with Crippen molar-refractivity contribution in [3.63, 3.8) is 0 Å². The SMILES string of the molecule is CCn1cc(C(C)NS(=O)(=O)c2ccccc2[N+](=O)[O-])c(C)n1. The van der Waals surface area contributed by atoms with Gasteiger partial charge in [-0.05, 0) is 26.8 Å². The highest BCUT2D eigenvalue weighted by Crippen LogP contribution is 2.25. The molecule has 9 heteroatoms. The number of aromatic nitrogens is 2. The molecule has 0 amide bonds. The van der Waals surface area contributed by atoms with E-state index in [1.807, 2.05) is 6.92 Å². The minimum Gasteiger partial charge on any atom is -0.272 e. The van der Waals surface area contributed by atoms with Crippen molar-refractivity contribution < 1.29 is 13.3 Å². The number of hydrogen-bond acceptors (Lipinski definition) is 5. The summed E-state index contributed by atoms with van der Waals surface area (Å²) in [6, 6.07) is 4.71. The number of para-hydroxylation sites is 1. The molecular formula is C14H18N4O4S. The van der Waals surface area contributed by atoms with E-state index in [-0.39, 0.29) is 4.90 Å². The lowest BCUT2D eigenvalue weighted by Crippen LogP contribution is -2.27. The number of aryl methyl sites for hydroxylation is 2. The number of sulfonamides is 1. The van der Waals surface area contributed by atoms with Crippen molar-refractivity contribution in [2.45, 2.75) is 38.3 Å². The van der Waals surface area contributed by atoms with Crippen molar-refractivity contribution in [2.24, 2.45) is 0 Å². The maximum absolute atomic E-state index is 12.5. The Labute approximate surface area is 134 Å². The first-order valence-corrected chi connectivity index (χ1v) is 8.54. The second-order valence-electron chi connectivity index (χ2n) is 5.09. The molecule has 124 valence electrons. The normalized spacial score (nSPS) is 13.0. The fourth-order valence-corrected chi connectivity index (χ4v) is 3.71. The predicted octanol–water partition coefficient (Wildman–Crippen LogP) is 2.16. The van der Waals surface area contributed by atoms with Crippen molar-refractivity contribution in [2.75, 3.05) is 0 Å². The number of hydrogen-bond donors (Lipinski definition) is 1. The smallest absolute Gasteiger partial charge is 0.272 e. The van der Waals surface area contributed by atoms with Gasteiger partial charge in [0.1, 0.15) is 0 Å². The molecule has 0 spiro atoms. The van der Waals surface area contributed by atoms with Crippen molar-refractivity contribution in [1.82, 2.24) is 14.5 Å². The van der Waals surface area contributed by atoms with Crippen LogP contribution in [0, 0.1) is 17.0 Å². The Morgan fingerprint density at radius 2 is 2.04 bits per heavy atom. The summed E-state index contributed by atoms with van der Waals surface area (Å²) in [6.07, 6.45) is 1.77. The third kappa shape index (κ3) is 3.57. The van der Waals surface area contributed by atoms with Crippen LogP contribution >= 0.6 is 0 Å². The number of nitro benzene ring substituents is 1. The summed E-state index contributed by atoms with van der Waals surface area (Å²) in [5.41, 5.74) is 0.992. The molecule has 1 N–H and O–H groups in total. The number of nitrogens with zero attached hydrogens (tertiary/aromatic N) is 3. The van der Waals surface area contributed by atoms with Crippen LogP contribution in [0.15, 0.2) is 35.4 Å². The first kappa shape index (κ1) is 17.1. The summed E-state index contributed by atoms with van der Waals surface area (Å²) in [5, 5.41) is 15.3. The third-order valence-electron chi connectivity index (χ3n) is 3.46. The first-order valence-electron chi connectivity index (χ1n) is 7.06. The zero-order valence-corrected chi connectivity index (χ0v) is 13.9. The molecule has 1 unspecified atom stereocenters. The molecule has 0 saturated carbocycles. The van der Waals surface area contributed by atoms with Gasteiger partial charge in [-0.25, -0.2) is 13.1 Å². The topological polar surface area (TPSA) is 107 Å². The zero-order valence-electron chi connectivity index (χ0n) is 13.1. The summed E-state index contributed by atoms with van der Waals surface area (Å²) >= 11 is 0. The van der Waals surface area contributed by atoms with Gasteiger partial charge in [0.15, 0.2) is 4.90 Å². The van der Waals surface area contributed by atoms with Gasteiger partial charge in [-0.15, -0.1) is 0 Å². The molecule has 0 aliphatic heterocycles. The molecule has 0 fully saturated rings. The van der Waals surface area contributed by atoms with E-state index in [1.165, 1.54) is 24.3 Å². The quantitative estimate of drug-likeness (QED) is 0.641. The van der Waals surface area contributed by atoms with E-state index in [9.17, 15) is 18.5 Å². The van der Waals surface area contributed by atoms with Crippen molar-refractivity contribution in [3.05, 3.63) is 51.8 Å². The highest BCUT2D eigenvalue weighted by Gasteiger charge is 2.27. The Kier molecular flexibility index (Phi) is 4.81. The third-order valence-corrected chi connectivity index (χ3v) is 5.05. The second kappa shape index (κ2) is 6.47. The van der Waals surface area contributed by atoms with Crippen LogP contribution in [0.3, 0.4) is 0 Å². The molecule has 0 saturated heterocycles. The Bertz CT molecular complexity index is 829. The molecule has 0 aliphatic carbocycles. The summed E-state index contributed by atoms with van der Waals surface area (Å²) in [7, 11) is -4.03. The van der Waals surface area contributed by atoms with E-state index in [4.69, 9.17) is 0 Å². The van der Waals surface area contributed by atoms with Gasteiger partial charge in [0.05, 0.1) is 10.6 Å². The van der Waals surface area contributed by atoms with E-state index in [0.29, 0.717) is 12.2 Å². The predicted molar refractivity (Wildman–Crippen MR) is 84.5 cm³/mol. The summed E-state index contributed by atoms with van der Waals surface area (Å²) in [6.45, 7) is 6.07. The van der Waals surface area contributed by atoms with E-state index >= 15 is 0 Å². The van der Waals surface area contributed by atoms with Gasteiger partial charge in [0.25, 0.3) is 5.69 Å². The first-order chi connectivity index (χ1) is 10.8. The molecule has 1 heterocycles. The van der Waals surface area contributed by atoms with Crippen LogP contribution in [0.25, 0.3) is 0 Å². The van der Waals surface area contributed by atoms with Crippen LogP contribution in [0.4, 0.5) is 5.69 Å². The van der Waals surface area contributed by atoms with E-state index < -0.39 is 26.7 Å². The maximum Gasteiger partial charge on any atom is 0.289 e. The minimum absolute atomic E-state index is 0.350. The molecule has 1 aromatic heterocycles. The summed E-state index contributed by atoms with van der Waals surface area (Å²) in [4.78, 5) is 9.96. The monoisotopic (exact) mass is 338 g/mol. The van der Waals surface area contributed by atoms with Crippen LogP contribution in [0.2, 0.25) is 0 Å². The van der Waals surface area contributed by atoms with Crippen LogP contribution in [-0.4, -0.2) is 23.1 Å². The summed E-state index contributed by atoms with van der Waals surface area (Å²) in [5.74, 6) is 0. The molecule has 2 aromatic rings. The number of benzene rings is 1. The standard InChI is InChI=1S/C14H18N4O4S/c1-4-17-9-12(10(2)15-17)11(3)16-23(21,22)14-8-6-5-7-13(14)18(19)20/h5-9,11,16H,4H2,1-3H3. The maximum atomic E-state index is 12.5. The fourth-order valence-electron chi connectivity index (χ4n) is 2.32. The van der Waals surface area contributed by atoms with E-state index in [1.54, 1.807) is 24.7 Å². The summed E-state index contributed by atoms with van der Waals surface area (Å²) < 4.78 is 29.2. The van der Waals surface area contributed by atoms with Gasteiger partial charge in [-0.3, -0.25) is 14.8 Å². The number of nitro groups is 1. The fraction of sp³-hybridized carbons (Fsp3) is 0.357. The molecule has 8 nitrogen and oxygen atoms in total. The van der Waals surface area contributed by atoms with Crippen molar-refractivity contribution >= 4 is 15.7 Å². The Hall–Kier alpha value is -2.26. The highest BCUT2D eigenvalue weighted by molar-refractivity contribution is 7.89. The molecule has 0 aliphatic rings. The zero-order chi connectivity index (χ0) is 17.2. The number of rotatable bonds is 6. The Morgan fingerprint density at radius 1 is 1.39 bits per heavy atom. The molecule has 1 aromatic carbocycles. The van der Waals surface area contributed by atoms with Crippen LogP contribution < -0.4 is 4.72 Å². The van der Waals surface area contributed by atoms with Crippen LogP contribution in [-0.2, 0) is 16.6 Å².